The number of likely N-dealkylation sites (tertiary alicyclic amines) is 1. The van der Waals surface area contributed by atoms with Gasteiger partial charge in [-0.1, -0.05) is 24.3 Å². The molecule has 2 amide bonds. The molecule has 4 rings (SSSR count). The minimum absolute atomic E-state index is 0.0278. The van der Waals surface area contributed by atoms with Gasteiger partial charge < -0.3 is 20.6 Å². The Morgan fingerprint density at radius 2 is 1.65 bits per heavy atom. The minimum atomic E-state index is -5.08. The molecule has 0 radical (unpaired) electrons. The second-order valence-electron chi connectivity index (χ2n) is 7.47. The van der Waals surface area contributed by atoms with Crippen LogP contribution in [0.5, 0.6) is 0 Å². The summed E-state index contributed by atoms with van der Waals surface area (Å²) in [5, 5.41) is 7.12. The summed E-state index contributed by atoms with van der Waals surface area (Å²) < 4.78 is 31.7. The zero-order valence-electron chi connectivity index (χ0n) is 16.5. The lowest BCUT2D eigenvalue weighted by molar-refractivity contribution is -0.192. The van der Waals surface area contributed by atoms with Crippen molar-refractivity contribution in [1.82, 2.24) is 14.9 Å². The summed E-state index contributed by atoms with van der Waals surface area (Å²) in [4.78, 5) is 33.2. The van der Waals surface area contributed by atoms with Gasteiger partial charge in [0.1, 0.15) is 0 Å². The van der Waals surface area contributed by atoms with E-state index in [0.717, 1.165) is 31.9 Å². The number of nitrogens with zero attached hydrogens (tertiary/aromatic N) is 4. The molecule has 1 saturated heterocycles. The third-order valence-electron chi connectivity index (χ3n) is 5.55. The number of amides is 2. The first-order valence-corrected chi connectivity index (χ1v) is 9.57. The van der Waals surface area contributed by atoms with E-state index in [2.05, 4.69) is 39.1 Å². The first-order chi connectivity index (χ1) is 14.6. The second kappa shape index (κ2) is 8.78. The average Bonchev–Trinajstić information content (AvgIpc) is 2.74. The number of benzene rings is 1. The standard InChI is InChI=1S/C18H21N5O.C2HF3O2/c19-16(24)22-10-6-18(7-11-22)13-23(17-20-8-3-9-21-17)12-14-4-1-2-5-15(14)18;3-2(4,5)1(6)7/h1-5,8-9H,6-7,10-13H2,(H2,19,24);(H,6,7). The summed E-state index contributed by atoms with van der Waals surface area (Å²) in [6, 6.07) is 10.1. The number of carbonyl (C=O) groups is 2. The number of halogens is 3. The molecule has 3 heterocycles. The molecule has 1 fully saturated rings. The number of carbonyl (C=O) groups excluding carboxylic acids is 1. The largest absolute Gasteiger partial charge is 0.490 e. The quantitative estimate of drug-likeness (QED) is 0.709. The number of piperidine rings is 1. The monoisotopic (exact) mass is 437 g/mol. The zero-order chi connectivity index (χ0) is 22.6. The normalized spacial score (nSPS) is 17.4. The van der Waals surface area contributed by atoms with E-state index in [9.17, 15) is 18.0 Å². The molecule has 0 aliphatic carbocycles. The molecule has 11 heteroatoms. The summed E-state index contributed by atoms with van der Waals surface area (Å²) in [5.74, 6) is -1.99. The van der Waals surface area contributed by atoms with E-state index in [1.54, 1.807) is 17.3 Å². The van der Waals surface area contributed by atoms with Crippen LogP contribution in [0.1, 0.15) is 24.0 Å². The van der Waals surface area contributed by atoms with Gasteiger partial charge in [0.05, 0.1) is 0 Å². The van der Waals surface area contributed by atoms with Crippen LogP contribution in [0.3, 0.4) is 0 Å². The first-order valence-electron chi connectivity index (χ1n) is 9.57. The molecular weight excluding hydrogens is 415 g/mol. The van der Waals surface area contributed by atoms with Gasteiger partial charge in [0.2, 0.25) is 5.95 Å². The van der Waals surface area contributed by atoms with Crippen LogP contribution in [-0.4, -0.2) is 57.8 Å². The topological polar surface area (TPSA) is 113 Å². The van der Waals surface area contributed by atoms with Crippen molar-refractivity contribution in [3.8, 4) is 0 Å². The van der Waals surface area contributed by atoms with Gasteiger partial charge in [0, 0.05) is 44.0 Å². The van der Waals surface area contributed by atoms with Crippen LogP contribution in [0.25, 0.3) is 0 Å². The predicted octanol–water partition coefficient (Wildman–Crippen LogP) is 2.54. The van der Waals surface area contributed by atoms with Crippen molar-refractivity contribution in [2.75, 3.05) is 24.5 Å². The second-order valence-corrected chi connectivity index (χ2v) is 7.47. The number of anilines is 1. The molecule has 3 N–H and O–H groups in total. The number of urea groups is 1. The first kappa shape index (κ1) is 22.3. The van der Waals surface area contributed by atoms with E-state index in [1.807, 2.05) is 6.07 Å². The Bertz CT molecular complexity index is 931. The number of carboxylic acids is 1. The summed E-state index contributed by atoms with van der Waals surface area (Å²) in [6.07, 6.45) is 0.309. The van der Waals surface area contributed by atoms with Crippen molar-refractivity contribution in [3.63, 3.8) is 0 Å². The fraction of sp³-hybridized carbons (Fsp3) is 0.400. The van der Waals surface area contributed by atoms with Crippen LogP contribution >= 0.6 is 0 Å². The number of hydrogen-bond acceptors (Lipinski definition) is 5. The summed E-state index contributed by atoms with van der Waals surface area (Å²) in [6.45, 7) is 3.10. The Balaban J connectivity index is 0.000000339. The smallest absolute Gasteiger partial charge is 0.475 e. The van der Waals surface area contributed by atoms with Crippen molar-refractivity contribution in [2.45, 2.75) is 31.0 Å². The highest BCUT2D eigenvalue weighted by atomic mass is 19.4. The van der Waals surface area contributed by atoms with Crippen LogP contribution in [0.4, 0.5) is 23.9 Å². The van der Waals surface area contributed by atoms with Crippen molar-refractivity contribution >= 4 is 17.9 Å². The Kier molecular flexibility index (Phi) is 6.32. The van der Waals surface area contributed by atoms with E-state index in [-0.39, 0.29) is 11.4 Å². The molecule has 1 aromatic heterocycles. The fourth-order valence-corrected chi connectivity index (χ4v) is 4.07. The highest BCUT2D eigenvalue weighted by molar-refractivity contribution is 5.73. The third-order valence-corrected chi connectivity index (χ3v) is 5.55. The lowest BCUT2D eigenvalue weighted by atomic mass is 9.69. The number of primary amides is 1. The molecule has 166 valence electrons. The van der Waals surface area contributed by atoms with Gasteiger partial charge in [-0.15, -0.1) is 0 Å². The lowest BCUT2D eigenvalue weighted by Crippen LogP contribution is -2.54. The van der Waals surface area contributed by atoms with Gasteiger partial charge in [-0.25, -0.2) is 19.6 Å². The molecule has 0 unspecified atom stereocenters. The van der Waals surface area contributed by atoms with Gasteiger partial charge in [0.15, 0.2) is 0 Å². The number of rotatable bonds is 1. The van der Waals surface area contributed by atoms with Gasteiger partial charge in [-0.2, -0.15) is 13.2 Å². The lowest BCUT2D eigenvalue weighted by Gasteiger charge is -2.48. The summed E-state index contributed by atoms with van der Waals surface area (Å²) in [5.41, 5.74) is 8.21. The highest BCUT2D eigenvalue weighted by Gasteiger charge is 2.43. The zero-order valence-corrected chi connectivity index (χ0v) is 16.5. The predicted molar refractivity (Wildman–Crippen MR) is 105 cm³/mol. The van der Waals surface area contributed by atoms with Crippen molar-refractivity contribution < 1.29 is 27.9 Å². The number of aliphatic carboxylic acids is 1. The van der Waals surface area contributed by atoms with Crippen LogP contribution in [-0.2, 0) is 16.8 Å². The van der Waals surface area contributed by atoms with Crippen molar-refractivity contribution in [1.29, 1.82) is 0 Å². The van der Waals surface area contributed by atoms with Crippen LogP contribution in [0, 0.1) is 0 Å². The fourth-order valence-electron chi connectivity index (χ4n) is 4.07. The third kappa shape index (κ3) is 5.04. The SMILES string of the molecule is NC(=O)N1CCC2(CC1)CN(c1ncccn1)Cc1ccccc12.O=C(O)C(F)(F)F. The minimum Gasteiger partial charge on any atom is -0.475 e. The van der Waals surface area contributed by atoms with Crippen LogP contribution < -0.4 is 10.6 Å². The highest BCUT2D eigenvalue weighted by Crippen LogP contribution is 2.42. The molecular formula is C20H22F3N5O3. The molecule has 0 atom stereocenters. The molecule has 2 aromatic rings. The molecule has 31 heavy (non-hydrogen) atoms. The molecule has 8 nitrogen and oxygen atoms in total. The van der Waals surface area contributed by atoms with Crippen molar-refractivity contribution in [2.24, 2.45) is 5.73 Å². The van der Waals surface area contributed by atoms with Gasteiger partial charge in [-0.05, 0) is 30.0 Å². The molecule has 1 spiro atoms. The number of aromatic nitrogens is 2. The number of fused-ring (bicyclic) bond motifs is 2. The average molecular weight is 437 g/mol. The number of nitrogens with two attached hydrogens (primary N) is 1. The van der Waals surface area contributed by atoms with E-state index in [4.69, 9.17) is 15.6 Å². The van der Waals surface area contributed by atoms with E-state index >= 15 is 0 Å². The van der Waals surface area contributed by atoms with E-state index in [1.165, 1.54) is 11.1 Å². The van der Waals surface area contributed by atoms with E-state index < -0.39 is 12.1 Å². The molecule has 2 aliphatic rings. The Morgan fingerprint density at radius 1 is 1.06 bits per heavy atom. The number of hydrogen-bond donors (Lipinski definition) is 2. The van der Waals surface area contributed by atoms with Gasteiger partial charge in [-0.3, -0.25) is 0 Å². The molecule has 0 bridgehead atoms. The van der Waals surface area contributed by atoms with Crippen LogP contribution in [0.15, 0.2) is 42.7 Å². The van der Waals surface area contributed by atoms with Crippen molar-refractivity contribution in [3.05, 3.63) is 53.9 Å². The Morgan fingerprint density at radius 3 is 2.19 bits per heavy atom. The van der Waals surface area contributed by atoms with E-state index in [0.29, 0.717) is 13.1 Å². The Labute approximate surface area is 176 Å². The van der Waals surface area contributed by atoms with Gasteiger partial charge >= 0.3 is 18.2 Å². The number of alkyl halides is 3. The molecule has 2 aliphatic heterocycles. The Hall–Kier alpha value is -3.37. The summed E-state index contributed by atoms with van der Waals surface area (Å²) in [7, 11) is 0. The van der Waals surface area contributed by atoms with Gasteiger partial charge in [0.25, 0.3) is 0 Å². The summed E-state index contributed by atoms with van der Waals surface area (Å²) >= 11 is 0. The maximum Gasteiger partial charge on any atom is 0.490 e. The molecule has 0 saturated carbocycles. The maximum atomic E-state index is 11.5. The van der Waals surface area contributed by atoms with Crippen LogP contribution in [0.2, 0.25) is 0 Å². The molecule has 1 aromatic carbocycles. The number of carboxylic acid groups (broad SMARTS) is 1. The maximum absolute atomic E-state index is 11.5.